The van der Waals surface area contributed by atoms with Gasteiger partial charge in [0.15, 0.2) is 17.5 Å². The van der Waals surface area contributed by atoms with Crippen LogP contribution in [0.2, 0.25) is 0 Å². The molecule has 0 amide bonds. The Labute approximate surface area is 417 Å². The van der Waals surface area contributed by atoms with Crippen molar-refractivity contribution in [2.75, 3.05) is 0 Å². The van der Waals surface area contributed by atoms with Gasteiger partial charge in [-0.1, -0.05) is 201 Å². The Morgan fingerprint density at radius 2 is 0.930 bits per heavy atom. The van der Waals surface area contributed by atoms with E-state index >= 15 is 0 Å². The summed E-state index contributed by atoms with van der Waals surface area (Å²) < 4.78 is 2.39. The van der Waals surface area contributed by atoms with Crippen LogP contribution in [0.5, 0.6) is 0 Å². The number of fused-ring (bicyclic) bond motifs is 9. The summed E-state index contributed by atoms with van der Waals surface area (Å²) in [6.45, 7) is 10.8. The average molecular weight is 917 g/mol. The number of hydrogen-bond donors (Lipinski definition) is 0. The van der Waals surface area contributed by atoms with Crippen LogP contribution in [0, 0.1) is 0 Å². The molecule has 12 rings (SSSR count). The minimum Gasteiger partial charge on any atom is -0.309 e. The first-order valence-electron chi connectivity index (χ1n) is 24.6. The zero-order valence-electron chi connectivity index (χ0n) is 40.5. The van der Waals surface area contributed by atoms with E-state index < -0.39 is 0 Å². The summed E-state index contributed by atoms with van der Waals surface area (Å²) in [5.74, 6) is 1.95. The average Bonchev–Trinajstić information content (AvgIpc) is 3.79. The molecule has 71 heavy (non-hydrogen) atoms. The molecule has 0 atom stereocenters. The van der Waals surface area contributed by atoms with E-state index in [1.807, 2.05) is 98.8 Å². The third kappa shape index (κ3) is 9.28. The summed E-state index contributed by atoms with van der Waals surface area (Å²) in [5, 5.41) is 5.18. The molecule has 0 aliphatic heterocycles. The van der Waals surface area contributed by atoms with Gasteiger partial charge in [-0.15, -0.1) is 0 Å². The van der Waals surface area contributed by atoms with E-state index in [0.29, 0.717) is 17.5 Å². The first kappa shape index (κ1) is 46.0. The smallest absolute Gasteiger partial charge is 0.164 e. The lowest BCUT2D eigenvalue weighted by Gasteiger charge is -2.24. The van der Waals surface area contributed by atoms with Gasteiger partial charge in [-0.3, -0.25) is 0 Å². The van der Waals surface area contributed by atoms with Crippen molar-refractivity contribution < 1.29 is 0 Å². The largest absolute Gasteiger partial charge is 0.309 e. The summed E-state index contributed by atoms with van der Waals surface area (Å²) >= 11 is 0. The highest BCUT2D eigenvalue weighted by Crippen LogP contribution is 2.44. The maximum absolute atomic E-state index is 4.99. The molecular formula is C67H56N4. The number of allylic oxidation sites excluding steroid dienone is 8. The van der Waals surface area contributed by atoms with Crippen LogP contribution in [0.1, 0.15) is 48.9 Å². The number of rotatable bonds is 8. The number of para-hydroxylation sites is 1. The lowest BCUT2D eigenvalue weighted by atomic mass is 9.80. The molecule has 0 spiro atoms. The number of hydrogen-bond acceptors (Lipinski definition) is 3. The standard InChI is InChI=1S/C57H40N4.2C5H8/c1-3-16-37(17-4-1)55-58-56(38-18-5-2-6-19-38)60-57(59-55)39-30-33-41(34-31-39)61-52-28-14-13-26-50(52)54-49(27-15-29-53(54)61)43-21-8-7-20-42(43)40-32-35-48-46-24-10-9-22-44(46)45-23-11-12-25-47(45)51(48)36-40;2*1-3-5-4-2/h1-8,10,12-21,24-36H,9,11,22-23H2;2*3-5H,1H2,2H3/b;2*5-4-. The van der Waals surface area contributed by atoms with E-state index in [4.69, 9.17) is 15.0 Å². The van der Waals surface area contributed by atoms with E-state index in [1.54, 1.807) is 23.3 Å². The Balaban J connectivity index is 0.000000532. The van der Waals surface area contributed by atoms with Crippen molar-refractivity contribution in [2.24, 2.45) is 0 Å². The minimum atomic E-state index is 0.641. The highest BCUT2D eigenvalue weighted by atomic mass is 15.0. The summed E-state index contributed by atoms with van der Waals surface area (Å²) in [4.78, 5) is 14.9. The molecule has 2 aromatic heterocycles. The zero-order chi connectivity index (χ0) is 48.5. The Morgan fingerprint density at radius 3 is 1.51 bits per heavy atom. The lowest BCUT2D eigenvalue weighted by Crippen LogP contribution is -2.07. The van der Waals surface area contributed by atoms with Crippen LogP contribution in [-0.2, 0) is 12.8 Å². The highest BCUT2D eigenvalue weighted by molar-refractivity contribution is 6.17. The van der Waals surface area contributed by atoms with Crippen molar-refractivity contribution in [3.8, 4) is 62.1 Å². The van der Waals surface area contributed by atoms with E-state index in [1.165, 1.54) is 54.9 Å². The second kappa shape index (κ2) is 21.3. The maximum atomic E-state index is 4.99. The van der Waals surface area contributed by atoms with Crippen molar-refractivity contribution in [1.29, 1.82) is 0 Å². The fourth-order valence-corrected chi connectivity index (χ4v) is 10.1. The van der Waals surface area contributed by atoms with Crippen molar-refractivity contribution in [2.45, 2.75) is 39.5 Å². The van der Waals surface area contributed by atoms with Crippen LogP contribution in [0.25, 0.3) is 107 Å². The van der Waals surface area contributed by atoms with Crippen LogP contribution in [0.4, 0.5) is 0 Å². The topological polar surface area (TPSA) is 43.6 Å². The fraction of sp³-hybridized carbons (Fsp3) is 0.0896. The van der Waals surface area contributed by atoms with E-state index in [9.17, 15) is 0 Å². The Kier molecular flexibility index (Phi) is 13.8. The second-order valence-corrected chi connectivity index (χ2v) is 17.6. The summed E-state index contributed by atoms with van der Waals surface area (Å²) in [6, 6.07) is 60.6. The Hall–Kier alpha value is -8.73. The van der Waals surface area contributed by atoms with Crippen LogP contribution >= 0.6 is 0 Å². The van der Waals surface area contributed by atoms with Gasteiger partial charge in [-0.2, -0.15) is 0 Å². The number of aromatic nitrogens is 4. The van der Waals surface area contributed by atoms with Crippen LogP contribution < -0.4 is 0 Å². The van der Waals surface area contributed by atoms with Gasteiger partial charge in [-0.05, 0) is 137 Å². The van der Waals surface area contributed by atoms with Gasteiger partial charge in [0.05, 0.1) is 11.0 Å². The van der Waals surface area contributed by atoms with Crippen LogP contribution in [-0.4, -0.2) is 19.5 Å². The van der Waals surface area contributed by atoms with Crippen LogP contribution in [0.15, 0.2) is 232 Å². The van der Waals surface area contributed by atoms with E-state index in [-0.39, 0.29) is 0 Å². The third-order valence-corrected chi connectivity index (χ3v) is 13.3. The second-order valence-electron chi connectivity index (χ2n) is 17.6. The molecule has 8 aromatic carbocycles. The van der Waals surface area contributed by atoms with E-state index in [2.05, 4.69) is 151 Å². The summed E-state index contributed by atoms with van der Waals surface area (Å²) in [7, 11) is 0. The summed E-state index contributed by atoms with van der Waals surface area (Å²) in [5.41, 5.74) is 17.1. The van der Waals surface area contributed by atoms with Gasteiger partial charge in [0.1, 0.15) is 0 Å². The maximum Gasteiger partial charge on any atom is 0.164 e. The quantitative estimate of drug-likeness (QED) is 0.143. The van der Waals surface area contributed by atoms with Gasteiger partial charge < -0.3 is 4.57 Å². The van der Waals surface area contributed by atoms with Crippen LogP contribution in [0.3, 0.4) is 0 Å². The molecule has 0 unspecified atom stereocenters. The molecule has 0 fully saturated rings. The van der Waals surface area contributed by atoms with Crippen molar-refractivity contribution in [3.63, 3.8) is 0 Å². The molecular weight excluding hydrogens is 861 g/mol. The SMILES string of the molecule is C1=Cc2c(c3c(c4cc(-c5ccccc5-c5cccc6c5c5ccccc5n6-c5ccc(-c6nc(-c7ccccc7)nc(-c7ccccc7)n6)cc5)ccc24)C=CCC3)CC1.C=C/C=C\C.C=C/C=C\C. The van der Waals surface area contributed by atoms with E-state index in [0.717, 1.165) is 59.1 Å². The third-order valence-electron chi connectivity index (χ3n) is 13.3. The molecule has 0 saturated carbocycles. The number of nitrogens with zero attached hydrogens (tertiary/aromatic N) is 4. The molecule has 2 aliphatic rings. The fourth-order valence-electron chi connectivity index (χ4n) is 10.1. The van der Waals surface area contributed by atoms with Crippen molar-refractivity contribution >= 4 is 44.7 Å². The molecule has 0 bridgehead atoms. The molecule has 0 N–H and O–H groups in total. The minimum absolute atomic E-state index is 0.641. The molecule has 0 saturated heterocycles. The van der Waals surface area contributed by atoms with Gasteiger partial charge in [0.2, 0.25) is 0 Å². The molecule has 344 valence electrons. The zero-order valence-corrected chi connectivity index (χ0v) is 40.5. The normalized spacial score (nSPS) is 12.6. The highest BCUT2D eigenvalue weighted by Gasteiger charge is 2.22. The first-order chi connectivity index (χ1) is 35.1. The molecule has 4 heteroatoms. The Morgan fingerprint density at radius 1 is 0.437 bits per heavy atom. The predicted octanol–water partition coefficient (Wildman–Crippen LogP) is 17.9. The van der Waals surface area contributed by atoms with Crippen molar-refractivity contribution in [3.05, 3.63) is 254 Å². The van der Waals surface area contributed by atoms with Crippen molar-refractivity contribution in [1.82, 2.24) is 19.5 Å². The molecule has 2 aliphatic carbocycles. The molecule has 2 heterocycles. The first-order valence-corrected chi connectivity index (χ1v) is 24.6. The summed E-state index contributed by atoms with van der Waals surface area (Å²) in [6.07, 6.45) is 25.1. The predicted molar refractivity (Wildman–Crippen MR) is 304 cm³/mol. The van der Waals surface area contributed by atoms with Gasteiger partial charge >= 0.3 is 0 Å². The molecule has 4 nitrogen and oxygen atoms in total. The van der Waals surface area contributed by atoms with Gasteiger partial charge in [-0.25, -0.2) is 15.0 Å². The molecule has 0 radical (unpaired) electrons. The number of benzene rings is 8. The Bertz CT molecular complexity index is 3610. The monoisotopic (exact) mass is 916 g/mol. The van der Waals surface area contributed by atoms with Gasteiger partial charge in [0.25, 0.3) is 0 Å². The lowest BCUT2D eigenvalue weighted by molar-refractivity contribution is 0.911. The van der Waals surface area contributed by atoms with Gasteiger partial charge in [0, 0.05) is 33.2 Å². The molecule has 10 aromatic rings.